The van der Waals surface area contributed by atoms with Gasteiger partial charge in [0.2, 0.25) is 0 Å². The van der Waals surface area contributed by atoms with E-state index in [2.05, 4.69) is 9.47 Å². The van der Waals surface area contributed by atoms with E-state index in [1.807, 2.05) is 0 Å². The predicted octanol–water partition coefficient (Wildman–Crippen LogP) is -0.338. The second-order valence-electron chi connectivity index (χ2n) is 3.17. The summed E-state index contributed by atoms with van der Waals surface area (Å²) < 4.78 is 9.26. The van der Waals surface area contributed by atoms with Crippen molar-refractivity contribution in [1.82, 2.24) is 5.01 Å². The van der Waals surface area contributed by atoms with Gasteiger partial charge in [0.05, 0.1) is 0 Å². The van der Waals surface area contributed by atoms with E-state index in [0.29, 0.717) is 5.01 Å². The van der Waals surface area contributed by atoms with Crippen LogP contribution in [0.4, 0.5) is 0 Å². The fourth-order valence-corrected chi connectivity index (χ4v) is 1.39. The number of nitrogens with zero attached hydrogens (tertiary/aromatic N) is 2. The van der Waals surface area contributed by atoms with Gasteiger partial charge in [-0.15, -0.1) is 0 Å². The van der Waals surface area contributed by atoms with Crippen LogP contribution in [0.5, 0.6) is 0 Å². The first kappa shape index (κ1) is 11.2. The zero-order chi connectivity index (χ0) is 11.8. The molecular weight excluding hydrogens is 208 g/mol. The summed E-state index contributed by atoms with van der Waals surface area (Å²) in [5.74, 6) is -3.55. The van der Waals surface area contributed by atoms with Crippen molar-refractivity contribution in [2.45, 2.75) is 32.7 Å². The minimum Gasteiger partial charge on any atom is -0.400 e. The maximum Gasteiger partial charge on any atom is 0.391 e. The molecule has 0 unspecified atom stereocenters. The molecule has 8 heteroatoms. The fraction of sp³-hybridized carbons (Fsp3) is 0.714. The van der Waals surface area contributed by atoms with E-state index in [4.69, 9.17) is 0 Å². The molecule has 1 aliphatic rings. The standard InChI is InChI=1S/C7H10N2O6/c1-4-6(11)15-7(3,14-5(2)10)8(4)9(12)13/h4H,1-3H3/t4-,7-/m0/s1. The normalized spacial score (nSPS) is 29.9. The molecule has 1 saturated heterocycles. The number of ether oxygens (including phenoxy) is 2. The van der Waals surface area contributed by atoms with Gasteiger partial charge in [-0.25, -0.2) is 14.9 Å². The van der Waals surface area contributed by atoms with Crippen LogP contribution in [0.15, 0.2) is 0 Å². The Bertz CT molecular complexity index is 325. The third kappa shape index (κ3) is 1.83. The number of hydrogen-bond acceptors (Lipinski definition) is 6. The zero-order valence-electron chi connectivity index (χ0n) is 8.42. The number of hydrogen-bond donors (Lipinski definition) is 0. The molecule has 1 aliphatic heterocycles. The van der Waals surface area contributed by atoms with E-state index in [1.54, 1.807) is 0 Å². The molecule has 0 radical (unpaired) electrons. The lowest BCUT2D eigenvalue weighted by Gasteiger charge is -2.25. The van der Waals surface area contributed by atoms with Crippen LogP contribution in [0.25, 0.3) is 0 Å². The van der Waals surface area contributed by atoms with Crippen molar-refractivity contribution in [2.75, 3.05) is 0 Å². The van der Waals surface area contributed by atoms with E-state index in [1.165, 1.54) is 6.92 Å². The lowest BCUT2D eigenvalue weighted by Crippen LogP contribution is -2.51. The molecule has 84 valence electrons. The lowest BCUT2D eigenvalue weighted by atomic mass is 10.3. The Morgan fingerprint density at radius 2 is 2.27 bits per heavy atom. The molecule has 0 spiro atoms. The predicted molar refractivity (Wildman–Crippen MR) is 44.6 cm³/mol. The van der Waals surface area contributed by atoms with Crippen molar-refractivity contribution < 1.29 is 24.1 Å². The molecule has 0 N–H and O–H groups in total. The molecule has 1 fully saturated rings. The van der Waals surface area contributed by atoms with Gasteiger partial charge in [-0.1, -0.05) is 0 Å². The van der Waals surface area contributed by atoms with Gasteiger partial charge in [0.1, 0.15) is 0 Å². The molecule has 0 aliphatic carbocycles. The first-order valence-electron chi connectivity index (χ1n) is 4.14. The molecule has 1 rings (SSSR count). The minimum atomic E-state index is -1.97. The number of cyclic esters (lactones) is 1. The molecule has 0 aromatic heterocycles. The Morgan fingerprint density at radius 1 is 1.73 bits per heavy atom. The molecule has 0 aromatic rings. The third-order valence-electron chi connectivity index (χ3n) is 1.92. The average molecular weight is 218 g/mol. The third-order valence-corrected chi connectivity index (χ3v) is 1.92. The largest absolute Gasteiger partial charge is 0.400 e. The Hall–Kier alpha value is -1.86. The van der Waals surface area contributed by atoms with Gasteiger partial charge in [-0.05, 0) is 11.9 Å². The Morgan fingerprint density at radius 3 is 2.67 bits per heavy atom. The number of carbonyl (C=O) groups excluding carboxylic acids is 2. The molecule has 8 nitrogen and oxygen atoms in total. The highest BCUT2D eigenvalue weighted by atomic mass is 16.8. The highest BCUT2D eigenvalue weighted by molar-refractivity contribution is 5.78. The van der Waals surface area contributed by atoms with Gasteiger partial charge in [0.25, 0.3) is 0 Å². The van der Waals surface area contributed by atoms with Gasteiger partial charge >= 0.3 is 17.8 Å². The number of carbonyl (C=O) groups is 2. The van der Waals surface area contributed by atoms with E-state index in [0.717, 1.165) is 13.8 Å². The number of hydrazine groups is 1. The van der Waals surface area contributed by atoms with Gasteiger partial charge < -0.3 is 9.47 Å². The lowest BCUT2D eigenvalue weighted by molar-refractivity contribution is -0.698. The van der Waals surface area contributed by atoms with Crippen LogP contribution in [0, 0.1) is 10.1 Å². The second-order valence-corrected chi connectivity index (χ2v) is 3.17. The number of rotatable bonds is 2. The van der Waals surface area contributed by atoms with Crippen molar-refractivity contribution >= 4 is 11.9 Å². The average Bonchev–Trinajstić information content (AvgIpc) is 2.20. The molecule has 1 heterocycles. The smallest absolute Gasteiger partial charge is 0.391 e. The highest BCUT2D eigenvalue weighted by Crippen LogP contribution is 2.29. The van der Waals surface area contributed by atoms with E-state index < -0.39 is 28.9 Å². The molecule has 15 heavy (non-hydrogen) atoms. The fourth-order valence-electron chi connectivity index (χ4n) is 1.39. The summed E-state index contributed by atoms with van der Waals surface area (Å²) in [5, 5.41) is 10.3. The van der Waals surface area contributed by atoms with Crippen LogP contribution in [0.1, 0.15) is 20.8 Å². The summed E-state index contributed by atoms with van der Waals surface area (Å²) in [6.45, 7) is 3.50. The minimum absolute atomic E-state index is 0.455. The molecule has 0 aromatic carbocycles. The van der Waals surface area contributed by atoms with Crippen molar-refractivity contribution in [2.24, 2.45) is 0 Å². The quantitative estimate of drug-likeness (QED) is 0.355. The monoisotopic (exact) mass is 218 g/mol. The van der Waals surface area contributed by atoms with Crippen molar-refractivity contribution in [3.8, 4) is 0 Å². The van der Waals surface area contributed by atoms with Crippen LogP contribution >= 0.6 is 0 Å². The van der Waals surface area contributed by atoms with Crippen molar-refractivity contribution in [3.05, 3.63) is 10.1 Å². The maximum atomic E-state index is 11.1. The van der Waals surface area contributed by atoms with E-state index >= 15 is 0 Å². The molecule has 0 amide bonds. The maximum absolute atomic E-state index is 11.1. The molecule has 0 bridgehead atoms. The van der Waals surface area contributed by atoms with Gasteiger partial charge in [-0.3, -0.25) is 4.79 Å². The summed E-state index contributed by atoms with van der Waals surface area (Å²) in [5.41, 5.74) is 0. The van der Waals surface area contributed by atoms with Gasteiger partial charge in [0.15, 0.2) is 11.1 Å². The summed E-state index contributed by atoms with van der Waals surface area (Å²) >= 11 is 0. The van der Waals surface area contributed by atoms with E-state index in [9.17, 15) is 19.7 Å². The van der Waals surface area contributed by atoms with Crippen LogP contribution in [0.2, 0.25) is 0 Å². The summed E-state index contributed by atoms with van der Waals surface area (Å²) in [7, 11) is 0. The van der Waals surface area contributed by atoms with Gasteiger partial charge in [-0.2, -0.15) is 0 Å². The van der Waals surface area contributed by atoms with Crippen LogP contribution in [-0.4, -0.2) is 33.9 Å². The van der Waals surface area contributed by atoms with Crippen molar-refractivity contribution in [1.29, 1.82) is 0 Å². The second kappa shape index (κ2) is 3.37. The summed E-state index contributed by atoms with van der Waals surface area (Å²) in [4.78, 5) is 32.5. The molecule has 2 atom stereocenters. The zero-order valence-corrected chi connectivity index (χ0v) is 8.42. The van der Waals surface area contributed by atoms with Crippen molar-refractivity contribution in [3.63, 3.8) is 0 Å². The van der Waals surface area contributed by atoms with Crippen LogP contribution in [0.3, 0.4) is 0 Å². The Labute approximate surface area is 84.9 Å². The summed E-state index contributed by atoms with van der Waals surface area (Å²) in [6.07, 6.45) is 0. The molecular formula is C7H10N2O6. The molecule has 0 saturated carbocycles. The highest BCUT2D eigenvalue weighted by Gasteiger charge is 2.58. The topological polar surface area (TPSA) is 99.0 Å². The Balaban J connectivity index is 3.01. The first-order chi connectivity index (χ1) is 6.78. The van der Waals surface area contributed by atoms with E-state index in [-0.39, 0.29) is 0 Å². The van der Waals surface area contributed by atoms with Crippen LogP contribution < -0.4 is 0 Å². The van der Waals surface area contributed by atoms with Gasteiger partial charge in [0, 0.05) is 13.8 Å². The first-order valence-corrected chi connectivity index (χ1v) is 4.14. The SMILES string of the molecule is CC(=O)O[C@@]1(C)OC(=O)[C@H](C)N1[N+](=O)[O-]. The summed E-state index contributed by atoms with van der Waals surface area (Å²) in [6, 6.07) is -1.09. The number of nitro groups is 1. The number of esters is 2. The Kier molecular flexibility index (Phi) is 2.52. The van der Waals surface area contributed by atoms with Crippen LogP contribution in [-0.2, 0) is 19.1 Å².